The van der Waals surface area contributed by atoms with Crippen molar-refractivity contribution in [2.45, 2.75) is 0 Å². The molecule has 20 heavy (non-hydrogen) atoms. The van der Waals surface area contributed by atoms with Crippen molar-refractivity contribution in [1.82, 2.24) is 25.0 Å². The molecule has 2 N–H and O–H groups in total. The zero-order valence-corrected chi connectivity index (χ0v) is 10.1. The SMILES string of the molecule is O=[N+]([O-])O.c1ccc(-c2c[nH]nc2-n2cnnc2)cc1. The Balaban J connectivity index is 0.000000328. The van der Waals surface area contributed by atoms with Gasteiger partial charge in [-0.15, -0.1) is 20.3 Å². The van der Waals surface area contributed by atoms with Gasteiger partial charge in [0.25, 0.3) is 5.09 Å². The third-order valence-corrected chi connectivity index (χ3v) is 2.37. The van der Waals surface area contributed by atoms with E-state index in [0.717, 1.165) is 16.9 Å². The van der Waals surface area contributed by atoms with Gasteiger partial charge in [-0.05, 0) is 5.56 Å². The molecule has 2 heterocycles. The summed E-state index contributed by atoms with van der Waals surface area (Å²) in [5.41, 5.74) is 2.14. The van der Waals surface area contributed by atoms with Crippen LogP contribution >= 0.6 is 0 Å². The molecular formula is C11H10N6O3. The average Bonchev–Trinajstić information content (AvgIpc) is 3.10. The van der Waals surface area contributed by atoms with Crippen molar-refractivity contribution < 1.29 is 10.3 Å². The lowest BCUT2D eigenvalue weighted by Gasteiger charge is -2.01. The molecule has 9 nitrogen and oxygen atoms in total. The van der Waals surface area contributed by atoms with Crippen LogP contribution in [0.2, 0.25) is 0 Å². The Hall–Kier alpha value is -3.23. The minimum absolute atomic E-state index is 0.802. The van der Waals surface area contributed by atoms with Crippen LogP contribution in [0.4, 0.5) is 0 Å². The lowest BCUT2D eigenvalue weighted by molar-refractivity contribution is -0.742. The topological polar surface area (TPSA) is 123 Å². The third-order valence-electron chi connectivity index (χ3n) is 2.37. The first-order chi connectivity index (χ1) is 9.68. The van der Waals surface area contributed by atoms with Crippen LogP contribution in [0.15, 0.2) is 49.2 Å². The molecule has 0 unspecified atom stereocenters. The second kappa shape index (κ2) is 6.09. The minimum atomic E-state index is -1.50. The van der Waals surface area contributed by atoms with Crippen LogP contribution in [0.5, 0.6) is 0 Å². The molecule has 9 heteroatoms. The van der Waals surface area contributed by atoms with Gasteiger partial charge in [0, 0.05) is 11.8 Å². The molecule has 0 aliphatic heterocycles. The van der Waals surface area contributed by atoms with Gasteiger partial charge in [0.05, 0.1) is 0 Å². The lowest BCUT2D eigenvalue weighted by atomic mass is 10.1. The second-order valence-corrected chi connectivity index (χ2v) is 3.60. The predicted molar refractivity (Wildman–Crippen MR) is 67.7 cm³/mol. The van der Waals surface area contributed by atoms with E-state index in [4.69, 9.17) is 15.3 Å². The highest BCUT2D eigenvalue weighted by Gasteiger charge is 2.09. The highest BCUT2D eigenvalue weighted by molar-refractivity contribution is 5.69. The molecule has 0 aliphatic carbocycles. The van der Waals surface area contributed by atoms with E-state index in [0.29, 0.717) is 0 Å². The first-order valence-electron chi connectivity index (χ1n) is 5.46. The molecule has 2 aromatic heterocycles. The maximum absolute atomic E-state index is 8.36. The number of aromatic amines is 1. The Morgan fingerprint density at radius 3 is 2.40 bits per heavy atom. The van der Waals surface area contributed by atoms with Crippen molar-refractivity contribution in [3.8, 4) is 16.9 Å². The van der Waals surface area contributed by atoms with Crippen molar-refractivity contribution in [3.05, 3.63) is 59.3 Å². The summed E-state index contributed by atoms with van der Waals surface area (Å²) in [5.74, 6) is 0.802. The van der Waals surface area contributed by atoms with Gasteiger partial charge < -0.3 is 5.21 Å². The Morgan fingerprint density at radius 1 is 1.20 bits per heavy atom. The molecule has 0 aliphatic rings. The average molecular weight is 274 g/mol. The van der Waals surface area contributed by atoms with Gasteiger partial charge >= 0.3 is 0 Å². The van der Waals surface area contributed by atoms with Crippen LogP contribution in [-0.4, -0.2) is 35.3 Å². The number of benzene rings is 1. The molecule has 3 aromatic rings. The fourth-order valence-electron chi connectivity index (χ4n) is 1.62. The summed E-state index contributed by atoms with van der Waals surface area (Å²) in [4.78, 5) is 8.36. The monoisotopic (exact) mass is 274 g/mol. The van der Waals surface area contributed by atoms with Crippen molar-refractivity contribution in [2.75, 3.05) is 0 Å². The highest BCUT2D eigenvalue weighted by atomic mass is 16.9. The summed E-state index contributed by atoms with van der Waals surface area (Å²) >= 11 is 0. The van der Waals surface area contributed by atoms with Crippen LogP contribution in [0.1, 0.15) is 0 Å². The van der Waals surface area contributed by atoms with Crippen molar-refractivity contribution in [1.29, 1.82) is 0 Å². The van der Waals surface area contributed by atoms with Gasteiger partial charge in [-0.1, -0.05) is 30.3 Å². The Kier molecular flexibility index (Phi) is 4.02. The summed E-state index contributed by atoms with van der Waals surface area (Å²) in [7, 11) is 0. The van der Waals surface area contributed by atoms with Gasteiger partial charge in [-0.3, -0.25) is 9.67 Å². The largest absolute Gasteiger partial charge is 0.328 e. The Morgan fingerprint density at radius 2 is 1.80 bits per heavy atom. The van der Waals surface area contributed by atoms with Crippen LogP contribution < -0.4 is 0 Å². The van der Waals surface area contributed by atoms with Gasteiger partial charge in [-0.25, -0.2) is 0 Å². The molecule has 0 bridgehead atoms. The molecular weight excluding hydrogens is 264 g/mol. The van der Waals surface area contributed by atoms with Crippen LogP contribution in [0.3, 0.4) is 0 Å². The highest BCUT2D eigenvalue weighted by Crippen LogP contribution is 2.23. The number of hydrogen-bond acceptors (Lipinski definition) is 5. The van der Waals surface area contributed by atoms with E-state index in [9.17, 15) is 0 Å². The number of aromatic nitrogens is 5. The lowest BCUT2D eigenvalue weighted by Crippen LogP contribution is -1.92. The van der Waals surface area contributed by atoms with E-state index < -0.39 is 5.09 Å². The smallest absolute Gasteiger partial charge is 0.291 e. The van der Waals surface area contributed by atoms with Crippen molar-refractivity contribution in [2.24, 2.45) is 0 Å². The Bertz CT molecular complexity index is 661. The third kappa shape index (κ3) is 3.16. The van der Waals surface area contributed by atoms with Gasteiger partial charge in [0.1, 0.15) is 12.7 Å². The molecule has 0 saturated heterocycles. The molecule has 1 aromatic carbocycles. The minimum Gasteiger partial charge on any atom is -0.328 e. The van der Waals surface area contributed by atoms with E-state index in [1.807, 2.05) is 36.5 Å². The second-order valence-electron chi connectivity index (χ2n) is 3.60. The number of nitrogens with one attached hydrogen (secondary N) is 1. The molecule has 0 spiro atoms. The maximum Gasteiger partial charge on any atom is 0.291 e. The van der Waals surface area contributed by atoms with Crippen LogP contribution in [0.25, 0.3) is 16.9 Å². The van der Waals surface area contributed by atoms with E-state index in [-0.39, 0.29) is 0 Å². The van der Waals surface area contributed by atoms with Crippen LogP contribution in [-0.2, 0) is 0 Å². The van der Waals surface area contributed by atoms with Gasteiger partial charge in [0.2, 0.25) is 0 Å². The molecule has 3 rings (SSSR count). The molecule has 0 saturated carbocycles. The fraction of sp³-hybridized carbons (Fsp3) is 0. The molecule has 102 valence electrons. The maximum atomic E-state index is 8.36. The molecule has 0 radical (unpaired) electrons. The van der Waals surface area contributed by atoms with E-state index in [2.05, 4.69) is 20.4 Å². The zero-order valence-electron chi connectivity index (χ0n) is 10.1. The number of nitrogens with zero attached hydrogens (tertiary/aromatic N) is 5. The van der Waals surface area contributed by atoms with E-state index in [1.165, 1.54) is 0 Å². The first-order valence-corrected chi connectivity index (χ1v) is 5.46. The van der Waals surface area contributed by atoms with Crippen molar-refractivity contribution >= 4 is 0 Å². The quantitative estimate of drug-likeness (QED) is 0.536. The zero-order chi connectivity index (χ0) is 14.4. The summed E-state index contributed by atoms with van der Waals surface area (Å²) < 4.78 is 1.78. The van der Waals surface area contributed by atoms with E-state index >= 15 is 0 Å². The Labute approximate surface area is 112 Å². The number of H-pyrrole nitrogens is 1. The summed E-state index contributed by atoms with van der Waals surface area (Å²) in [5, 5.41) is 28.2. The number of hydrogen-bond donors (Lipinski definition) is 2. The summed E-state index contributed by atoms with van der Waals surface area (Å²) in [6.07, 6.45) is 5.12. The van der Waals surface area contributed by atoms with E-state index in [1.54, 1.807) is 17.2 Å². The van der Waals surface area contributed by atoms with Gasteiger partial charge in [-0.2, -0.15) is 5.10 Å². The molecule has 0 amide bonds. The summed E-state index contributed by atoms with van der Waals surface area (Å²) in [6.45, 7) is 0. The molecule has 0 fully saturated rings. The standard InChI is InChI=1S/C11H9N5.HNO3/c1-2-4-9(5-3-1)10-6-12-15-11(10)16-7-13-14-8-16;2-1(3)4/h1-8H,(H,12,15);(H,2,3,4). The van der Waals surface area contributed by atoms with Gasteiger partial charge in [0.15, 0.2) is 5.82 Å². The summed E-state index contributed by atoms with van der Waals surface area (Å²) in [6, 6.07) is 10.1. The first kappa shape index (κ1) is 13.2. The van der Waals surface area contributed by atoms with Crippen LogP contribution in [0, 0.1) is 10.1 Å². The fourth-order valence-corrected chi connectivity index (χ4v) is 1.62. The van der Waals surface area contributed by atoms with Crippen molar-refractivity contribution in [3.63, 3.8) is 0 Å². The normalized spacial score (nSPS) is 9.60. The predicted octanol–water partition coefficient (Wildman–Crippen LogP) is 1.31. The molecule has 0 atom stereocenters. The number of rotatable bonds is 2.